The summed E-state index contributed by atoms with van der Waals surface area (Å²) in [6.07, 6.45) is 0.682. The molecule has 1 unspecified atom stereocenters. The molecule has 8 heteroatoms. The van der Waals surface area contributed by atoms with Gasteiger partial charge in [-0.2, -0.15) is 4.98 Å². The number of urea groups is 1. The zero-order valence-electron chi connectivity index (χ0n) is 14.9. The molecule has 2 N–H and O–H groups in total. The van der Waals surface area contributed by atoms with Crippen molar-refractivity contribution >= 4 is 17.6 Å². The molecule has 0 aliphatic heterocycles. The van der Waals surface area contributed by atoms with Gasteiger partial charge in [-0.25, -0.2) is 4.79 Å². The topological polar surface area (TPSA) is 100 Å². The van der Waals surface area contributed by atoms with E-state index in [1.54, 1.807) is 13.1 Å². The molecule has 2 rings (SSSR count). The Hall–Kier alpha value is -2.90. The minimum atomic E-state index is -0.256. The second-order valence-corrected chi connectivity index (χ2v) is 5.79. The van der Waals surface area contributed by atoms with Crippen LogP contribution in [0.3, 0.4) is 0 Å². The third kappa shape index (κ3) is 5.30. The molecule has 1 atom stereocenters. The van der Waals surface area contributed by atoms with Crippen molar-refractivity contribution in [2.24, 2.45) is 0 Å². The average Bonchev–Trinajstić information content (AvgIpc) is 3.02. The normalized spacial score (nSPS) is 11.7. The number of carbonyl (C=O) groups excluding carboxylic acids is 2. The fourth-order valence-corrected chi connectivity index (χ4v) is 2.24. The van der Waals surface area contributed by atoms with E-state index in [9.17, 15) is 9.59 Å². The molecule has 25 heavy (non-hydrogen) atoms. The zero-order chi connectivity index (χ0) is 18.4. The van der Waals surface area contributed by atoms with Gasteiger partial charge < -0.3 is 20.1 Å². The van der Waals surface area contributed by atoms with E-state index in [4.69, 9.17) is 4.52 Å². The average molecular weight is 345 g/mol. The van der Waals surface area contributed by atoms with E-state index < -0.39 is 0 Å². The van der Waals surface area contributed by atoms with Gasteiger partial charge >= 0.3 is 6.03 Å². The molecular weight excluding hydrogens is 322 g/mol. The van der Waals surface area contributed by atoms with Gasteiger partial charge in [-0.05, 0) is 24.6 Å². The maximum atomic E-state index is 12.3. The second kappa shape index (κ2) is 8.27. The van der Waals surface area contributed by atoms with Crippen LogP contribution < -0.4 is 10.6 Å². The lowest BCUT2D eigenvalue weighted by Crippen LogP contribution is -2.38. The van der Waals surface area contributed by atoms with Crippen molar-refractivity contribution in [3.8, 4) is 0 Å². The van der Waals surface area contributed by atoms with Crippen molar-refractivity contribution < 1.29 is 14.1 Å². The maximum Gasteiger partial charge on any atom is 0.318 e. The Bertz CT molecular complexity index is 743. The van der Waals surface area contributed by atoms with Crippen LogP contribution in [0.2, 0.25) is 0 Å². The molecule has 0 aliphatic rings. The van der Waals surface area contributed by atoms with E-state index in [0.717, 1.165) is 5.56 Å². The largest absolute Gasteiger partial charge is 0.337 e. The summed E-state index contributed by atoms with van der Waals surface area (Å²) in [6, 6.07) is 6.87. The van der Waals surface area contributed by atoms with Crippen LogP contribution >= 0.6 is 0 Å². The molecule has 0 saturated heterocycles. The molecule has 1 aromatic carbocycles. The van der Waals surface area contributed by atoms with Crippen LogP contribution in [-0.2, 0) is 17.8 Å². The van der Waals surface area contributed by atoms with E-state index in [1.165, 1.54) is 11.8 Å². The molecule has 0 radical (unpaired) electrons. The molecule has 0 fully saturated rings. The number of hydrogen-bond acceptors (Lipinski definition) is 5. The predicted octanol–water partition coefficient (Wildman–Crippen LogP) is 2.49. The number of carbonyl (C=O) groups is 2. The van der Waals surface area contributed by atoms with Gasteiger partial charge in [0.25, 0.3) is 0 Å². The highest BCUT2D eigenvalue weighted by Crippen LogP contribution is 2.17. The Kier molecular flexibility index (Phi) is 6.10. The Labute approximate surface area is 146 Å². The van der Waals surface area contributed by atoms with E-state index in [1.807, 2.05) is 32.0 Å². The SMILES string of the molecule is CCc1noc(CN(C)C(=O)NC(C)c2cccc(NC(C)=O)c2)n1. The van der Waals surface area contributed by atoms with Crippen LogP contribution in [0.25, 0.3) is 0 Å². The lowest BCUT2D eigenvalue weighted by atomic mass is 10.1. The van der Waals surface area contributed by atoms with E-state index in [-0.39, 0.29) is 24.5 Å². The number of rotatable bonds is 6. The van der Waals surface area contributed by atoms with E-state index in [0.29, 0.717) is 23.8 Å². The first-order valence-electron chi connectivity index (χ1n) is 8.09. The van der Waals surface area contributed by atoms with E-state index >= 15 is 0 Å². The molecule has 3 amide bonds. The quantitative estimate of drug-likeness (QED) is 0.838. The summed E-state index contributed by atoms with van der Waals surface area (Å²) >= 11 is 0. The van der Waals surface area contributed by atoms with Gasteiger partial charge in [-0.15, -0.1) is 0 Å². The van der Waals surface area contributed by atoms with Crippen molar-refractivity contribution in [1.82, 2.24) is 20.4 Å². The fourth-order valence-electron chi connectivity index (χ4n) is 2.24. The lowest BCUT2D eigenvalue weighted by Gasteiger charge is -2.20. The number of anilines is 1. The number of amides is 3. The Balaban J connectivity index is 1.95. The summed E-state index contributed by atoms with van der Waals surface area (Å²) in [5.41, 5.74) is 1.58. The highest BCUT2D eigenvalue weighted by atomic mass is 16.5. The molecule has 0 saturated carbocycles. The van der Waals surface area contributed by atoms with Gasteiger partial charge in [0, 0.05) is 26.1 Å². The third-order valence-electron chi connectivity index (χ3n) is 3.59. The Morgan fingerprint density at radius 2 is 2.12 bits per heavy atom. The number of nitrogens with zero attached hydrogens (tertiary/aromatic N) is 3. The molecule has 0 aliphatic carbocycles. The standard InChI is InChI=1S/C17H23N5O3/c1-5-15-20-16(25-21-15)10-22(4)17(24)18-11(2)13-7-6-8-14(9-13)19-12(3)23/h6-9,11H,5,10H2,1-4H3,(H,18,24)(H,19,23). The highest BCUT2D eigenvalue weighted by Gasteiger charge is 2.16. The smallest absolute Gasteiger partial charge is 0.318 e. The minimum Gasteiger partial charge on any atom is -0.337 e. The van der Waals surface area contributed by atoms with Gasteiger partial charge in [-0.3, -0.25) is 4.79 Å². The zero-order valence-corrected chi connectivity index (χ0v) is 14.9. The Morgan fingerprint density at radius 1 is 1.36 bits per heavy atom. The molecule has 1 aromatic heterocycles. The van der Waals surface area contributed by atoms with Gasteiger partial charge in [-0.1, -0.05) is 24.2 Å². The molecule has 1 heterocycles. The molecular formula is C17H23N5O3. The van der Waals surface area contributed by atoms with E-state index in [2.05, 4.69) is 20.8 Å². The summed E-state index contributed by atoms with van der Waals surface area (Å²) in [4.78, 5) is 29.1. The van der Waals surface area contributed by atoms with Crippen molar-refractivity contribution in [2.45, 2.75) is 39.8 Å². The summed E-state index contributed by atoms with van der Waals surface area (Å²) in [6.45, 7) is 5.49. The van der Waals surface area contributed by atoms with Crippen molar-refractivity contribution in [3.63, 3.8) is 0 Å². The first-order valence-corrected chi connectivity index (χ1v) is 8.09. The monoisotopic (exact) mass is 345 g/mol. The van der Waals surface area contributed by atoms with Crippen molar-refractivity contribution in [1.29, 1.82) is 0 Å². The lowest BCUT2D eigenvalue weighted by molar-refractivity contribution is -0.114. The predicted molar refractivity (Wildman–Crippen MR) is 92.8 cm³/mol. The van der Waals surface area contributed by atoms with Crippen molar-refractivity contribution in [3.05, 3.63) is 41.5 Å². The molecule has 0 spiro atoms. The minimum absolute atomic E-state index is 0.139. The number of benzene rings is 1. The van der Waals surface area contributed by atoms with Crippen LogP contribution in [-0.4, -0.2) is 34.0 Å². The van der Waals surface area contributed by atoms with Crippen LogP contribution in [0.15, 0.2) is 28.8 Å². The molecule has 0 bridgehead atoms. The summed E-state index contributed by atoms with van der Waals surface area (Å²) in [5, 5.41) is 9.44. The molecule has 2 aromatic rings. The number of aryl methyl sites for hydroxylation is 1. The first-order chi connectivity index (χ1) is 11.9. The number of hydrogen-bond donors (Lipinski definition) is 2. The molecule has 8 nitrogen and oxygen atoms in total. The van der Waals surface area contributed by atoms with Gasteiger partial charge in [0.15, 0.2) is 5.82 Å². The highest BCUT2D eigenvalue weighted by molar-refractivity contribution is 5.88. The van der Waals surface area contributed by atoms with Gasteiger partial charge in [0.05, 0.1) is 6.04 Å². The van der Waals surface area contributed by atoms with Gasteiger partial charge in [0.2, 0.25) is 11.8 Å². The van der Waals surface area contributed by atoms with Crippen LogP contribution in [0.4, 0.5) is 10.5 Å². The van der Waals surface area contributed by atoms with Crippen LogP contribution in [0.5, 0.6) is 0 Å². The summed E-state index contributed by atoms with van der Waals surface area (Å²) in [7, 11) is 1.66. The van der Waals surface area contributed by atoms with Crippen molar-refractivity contribution in [2.75, 3.05) is 12.4 Å². The first kappa shape index (κ1) is 18.4. The van der Waals surface area contributed by atoms with Crippen LogP contribution in [0, 0.1) is 0 Å². The second-order valence-electron chi connectivity index (χ2n) is 5.79. The third-order valence-corrected chi connectivity index (χ3v) is 3.59. The fraction of sp³-hybridized carbons (Fsp3) is 0.412. The van der Waals surface area contributed by atoms with Gasteiger partial charge in [0.1, 0.15) is 6.54 Å². The number of aromatic nitrogens is 2. The number of nitrogens with one attached hydrogen (secondary N) is 2. The Morgan fingerprint density at radius 3 is 2.76 bits per heavy atom. The molecule has 134 valence electrons. The maximum absolute atomic E-state index is 12.3. The van der Waals surface area contributed by atoms with Crippen LogP contribution in [0.1, 0.15) is 44.1 Å². The summed E-state index contributed by atoms with van der Waals surface area (Å²) < 4.78 is 5.10. The summed E-state index contributed by atoms with van der Waals surface area (Å²) in [5.74, 6) is 0.876.